The molecule has 1 aliphatic rings. The Bertz CT molecular complexity index is 1500. The van der Waals surface area contributed by atoms with Gasteiger partial charge in [0.15, 0.2) is 11.5 Å². The number of aromatic nitrogens is 4. The lowest BCUT2D eigenvalue weighted by Crippen LogP contribution is -2.45. The predicted molar refractivity (Wildman–Crippen MR) is 126 cm³/mol. The summed E-state index contributed by atoms with van der Waals surface area (Å²) in [5, 5.41) is 11.5. The maximum atomic E-state index is 13.3. The van der Waals surface area contributed by atoms with Crippen molar-refractivity contribution in [2.45, 2.75) is 25.8 Å². The zero-order valence-electron chi connectivity index (χ0n) is 18.8. The molecular weight excluding hydrogens is 422 g/mol. The lowest BCUT2D eigenvalue weighted by Gasteiger charge is -2.34. The van der Waals surface area contributed by atoms with Crippen LogP contribution in [0.4, 0.5) is 5.82 Å². The number of ether oxygens (including phenoxy) is 1. The number of benzene rings is 2. The number of rotatable bonds is 3. The summed E-state index contributed by atoms with van der Waals surface area (Å²) in [6, 6.07) is 8.68. The van der Waals surface area contributed by atoms with Gasteiger partial charge in [-0.2, -0.15) is 0 Å². The summed E-state index contributed by atoms with van der Waals surface area (Å²) in [5.74, 6) is 1.09. The van der Waals surface area contributed by atoms with Crippen molar-refractivity contribution in [2.24, 2.45) is 7.05 Å². The molecule has 2 aromatic heterocycles. The molecule has 0 aliphatic carbocycles. The highest BCUT2D eigenvalue weighted by Gasteiger charge is 2.26. The number of hydrogen-bond acceptors (Lipinski definition) is 7. The quantitative estimate of drug-likeness (QED) is 0.515. The minimum absolute atomic E-state index is 0.0254. The number of phenols is 1. The molecule has 4 aromatic rings. The number of methoxy groups -OCH3 is 1. The lowest BCUT2D eigenvalue weighted by atomic mass is 10.0. The van der Waals surface area contributed by atoms with Crippen LogP contribution in [0, 0.1) is 6.92 Å². The van der Waals surface area contributed by atoms with Crippen molar-refractivity contribution in [3.05, 3.63) is 63.1 Å². The Kier molecular flexibility index (Phi) is 5.03. The van der Waals surface area contributed by atoms with Crippen molar-refractivity contribution in [3.63, 3.8) is 0 Å². The first-order valence-corrected chi connectivity index (χ1v) is 10.9. The third-order valence-electron chi connectivity index (χ3n) is 6.50. The normalized spacial score (nSPS) is 14.8. The van der Waals surface area contributed by atoms with Crippen molar-refractivity contribution in [1.82, 2.24) is 19.1 Å². The largest absolute Gasteiger partial charge is 0.504 e. The fraction of sp³-hybridized carbons (Fsp3) is 0.333. The maximum Gasteiger partial charge on any atom is 0.331 e. The van der Waals surface area contributed by atoms with Crippen LogP contribution in [-0.2, 0) is 7.05 Å². The van der Waals surface area contributed by atoms with Crippen molar-refractivity contribution < 1.29 is 9.84 Å². The number of aryl methyl sites for hydroxylation is 2. The van der Waals surface area contributed by atoms with E-state index < -0.39 is 0 Å². The van der Waals surface area contributed by atoms with Crippen molar-refractivity contribution >= 4 is 27.6 Å². The second-order valence-corrected chi connectivity index (χ2v) is 8.49. The third-order valence-corrected chi connectivity index (χ3v) is 6.50. The molecule has 1 aliphatic heterocycles. The van der Waals surface area contributed by atoms with Gasteiger partial charge in [0, 0.05) is 37.6 Å². The second-order valence-electron chi connectivity index (χ2n) is 8.49. The van der Waals surface area contributed by atoms with Gasteiger partial charge in [-0.05, 0) is 38.0 Å². The van der Waals surface area contributed by atoms with Crippen LogP contribution >= 0.6 is 0 Å². The van der Waals surface area contributed by atoms with Gasteiger partial charge in [0.2, 0.25) is 0 Å². The Morgan fingerprint density at radius 2 is 1.82 bits per heavy atom. The first kappa shape index (κ1) is 21.0. The average Bonchev–Trinajstić information content (AvgIpc) is 2.82. The van der Waals surface area contributed by atoms with E-state index in [4.69, 9.17) is 4.74 Å². The fourth-order valence-electron chi connectivity index (χ4n) is 4.73. The van der Waals surface area contributed by atoms with Crippen molar-refractivity contribution in [1.29, 1.82) is 0 Å². The standard InChI is InChI=1S/C24H25N5O4/c1-14-4-5-19-17(10-14)23(31)29(24(32)27(19)2)15-6-8-28(9-7-15)22-16-11-20(30)21(33-3)12-18(16)25-13-26-22/h4-5,10-13,15,30H,6-9H2,1-3H3. The van der Waals surface area contributed by atoms with Crippen LogP contribution in [0.15, 0.2) is 46.2 Å². The summed E-state index contributed by atoms with van der Waals surface area (Å²) in [5.41, 5.74) is 1.77. The minimum atomic E-state index is -0.292. The van der Waals surface area contributed by atoms with E-state index in [1.807, 2.05) is 25.1 Å². The number of anilines is 1. The van der Waals surface area contributed by atoms with E-state index in [1.165, 1.54) is 18.0 Å². The van der Waals surface area contributed by atoms with Crippen LogP contribution in [0.2, 0.25) is 0 Å². The van der Waals surface area contributed by atoms with Gasteiger partial charge in [-0.3, -0.25) is 13.9 Å². The molecule has 0 spiro atoms. The van der Waals surface area contributed by atoms with E-state index in [9.17, 15) is 14.7 Å². The third kappa shape index (κ3) is 3.40. The monoisotopic (exact) mass is 447 g/mol. The van der Waals surface area contributed by atoms with Crippen molar-refractivity contribution in [3.8, 4) is 11.5 Å². The molecule has 33 heavy (non-hydrogen) atoms. The molecule has 5 rings (SSSR count). The fourth-order valence-corrected chi connectivity index (χ4v) is 4.73. The van der Waals surface area contributed by atoms with Crippen LogP contribution in [0.5, 0.6) is 11.5 Å². The Morgan fingerprint density at radius 1 is 1.06 bits per heavy atom. The summed E-state index contributed by atoms with van der Waals surface area (Å²) in [4.78, 5) is 37.2. The topological polar surface area (TPSA) is 102 Å². The molecule has 1 fully saturated rings. The van der Waals surface area contributed by atoms with Crippen LogP contribution in [-0.4, -0.2) is 44.4 Å². The number of fused-ring (bicyclic) bond motifs is 2. The SMILES string of the molecule is COc1cc2ncnc(N3CCC(n4c(=O)c5cc(C)ccc5n(C)c4=O)CC3)c2cc1O. The molecule has 0 amide bonds. The average molecular weight is 447 g/mol. The molecule has 3 heterocycles. The van der Waals surface area contributed by atoms with E-state index >= 15 is 0 Å². The van der Waals surface area contributed by atoms with E-state index in [-0.39, 0.29) is 23.0 Å². The van der Waals surface area contributed by atoms with E-state index in [0.29, 0.717) is 53.9 Å². The summed E-state index contributed by atoms with van der Waals surface area (Å²) < 4.78 is 8.15. The molecule has 1 N–H and O–H groups in total. The van der Waals surface area contributed by atoms with E-state index in [1.54, 1.807) is 23.7 Å². The highest BCUT2D eigenvalue weighted by molar-refractivity contribution is 5.92. The molecule has 0 atom stereocenters. The summed E-state index contributed by atoms with van der Waals surface area (Å²) >= 11 is 0. The van der Waals surface area contributed by atoms with E-state index in [0.717, 1.165) is 10.9 Å². The molecule has 170 valence electrons. The highest BCUT2D eigenvalue weighted by atomic mass is 16.5. The van der Waals surface area contributed by atoms with Crippen LogP contribution in [0.3, 0.4) is 0 Å². The number of hydrogen-bond donors (Lipinski definition) is 1. The molecule has 0 saturated carbocycles. The Balaban J connectivity index is 1.48. The number of phenolic OH excluding ortho intramolecular Hbond substituents is 1. The smallest absolute Gasteiger partial charge is 0.331 e. The van der Waals surface area contributed by atoms with Gasteiger partial charge in [0.1, 0.15) is 12.1 Å². The molecule has 2 aromatic carbocycles. The number of nitrogens with zero attached hydrogens (tertiary/aromatic N) is 5. The van der Waals surface area contributed by atoms with Gasteiger partial charge in [0.05, 0.1) is 23.5 Å². The van der Waals surface area contributed by atoms with Crippen LogP contribution < -0.4 is 20.9 Å². The number of aromatic hydroxyl groups is 1. The predicted octanol–water partition coefficient (Wildman–Crippen LogP) is 2.51. The Labute approximate surface area is 189 Å². The zero-order chi connectivity index (χ0) is 23.3. The van der Waals surface area contributed by atoms with Gasteiger partial charge in [-0.1, -0.05) is 11.6 Å². The molecule has 9 heteroatoms. The summed E-state index contributed by atoms with van der Waals surface area (Å²) in [6.07, 6.45) is 2.74. The van der Waals surface area contributed by atoms with Gasteiger partial charge in [-0.15, -0.1) is 0 Å². The maximum absolute atomic E-state index is 13.3. The Morgan fingerprint density at radius 3 is 2.55 bits per heavy atom. The Hall–Kier alpha value is -3.88. The van der Waals surface area contributed by atoms with Crippen molar-refractivity contribution in [2.75, 3.05) is 25.1 Å². The van der Waals surface area contributed by atoms with Crippen LogP contribution in [0.25, 0.3) is 21.8 Å². The van der Waals surface area contributed by atoms with Gasteiger partial charge in [-0.25, -0.2) is 14.8 Å². The zero-order valence-corrected chi connectivity index (χ0v) is 18.8. The molecule has 0 radical (unpaired) electrons. The van der Waals surface area contributed by atoms with Gasteiger partial charge in [0.25, 0.3) is 5.56 Å². The first-order valence-electron chi connectivity index (χ1n) is 10.9. The van der Waals surface area contributed by atoms with E-state index in [2.05, 4.69) is 14.9 Å². The van der Waals surface area contributed by atoms with Gasteiger partial charge >= 0.3 is 5.69 Å². The second kappa shape index (κ2) is 7.91. The molecular formula is C24H25N5O4. The first-order chi connectivity index (χ1) is 15.9. The molecule has 0 unspecified atom stereocenters. The van der Waals surface area contributed by atoms with Crippen LogP contribution in [0.1, 0.15) is 24.4 Å². The van der Waals surface area contributed by atoms with Gasteiger partial charge < -0.3 is 14.7 Å². The molecule has 1 saturated heterocycles. The number of piperidine rings is 1. The summed E-state index contributed by atoms with van der Waals surface area (Å²) in [6.45, 7) is 3.17. The lowest BCUT2D eigenvalue weighted by molar-refractivity contribution is 0.370. The molecule has 0 bridgehead atoms. The minimum Gasteiger partial charge on any atom is -0.504 e. The summed E-state index contributed by atoms with van der Waals surface area (Å²) in [7, 11) is 3.20. The highest BCUT2D eigenvalue weighted by Crippen LogP contribution is 2.35. The molecule has 9 nitrogen and oxygen atoms in total.